The largest absolute Gasteiger partial charge is 0.491 e. The number of nitrogens with two attached hydrogens (primary N) is 1. The number of rotatable bonds is 6. The number of hydrogen-bond acceptors (Lipinski definition) is 3. The first-order valence-electron chi connectivity index (χ1n) is 5.30. The third-order valence-electron chi connectivity index (χ3n) is 2.11. The maximum Gasteiger partial charge on any atom is 0.119 e. The Hall–Kier alpha value is -1.06. The normalized spacial score (nSPS) is 12.5. The molecular weight excluding hydrogens is 190 g/mol. The molecule has 0 radical (unpaired) electrons. The van der Waals surface area contributed by atoms with Gasteiger partial charge in [0, 0.05) is 12.6 Å². The van der Waals surface area contributed by atoms with Crippen molar-refractivity contribution in [2.45, 2.75) is 19.9 Å². The Kier molecular flexibility index (Phi) is 5.15. The van der Waals surface area contributed by atoms with Crippen LogP contribution in [-0.2, 0) is 4.74 Å². The molecule has 0 aliphatic carbocycles. The molecular formula is C12H19NO2. The first kappa shape index (κ1) is 12.0. The summed E-state index contributed by atoms with van der Waals surface area (Å²) in [4.78, 5) is 0. The molecule has 0 aliphatic rings. The van der Waals surface area contributed by atoms with Crippen LogP contribution in [0.4, 0.5) is 0 Å². The highest BCUT2D eigenvalue weighted by Gasteiger charge is 1.99. The lowest BCUT2D eigenvalue weighted by atomic mass is 10.1. The molecule has 3 heteroatoms. The van der Waals surface area contributed by atoms with E-state index in [0.29, 0.717) is 13.2 Å². The third-order valence-corrected chi connectivity index (χ3v) is 2.11. The van der Waals surface area contributed by atoms with E-state index in [0.717, 1.165) is 17.9 Å². The zero-order valence-corrected chi connectivity index (χ0v) is 9.40. The fourth-order valence-corrected chi connectivity index (χ4v) is 1.23. The molecule has 0 saturated carbocycles. The number of hydrogen-bond donors (Lipinski definition) is 1. The van der Waals surface area contributed by atoms with Gasteiger partial charge in [-0.3, -0.25) is 0 Å². The minimum Gasteiger partial charge on any atom is -0.491 e. The highest BCUT2D eigenvalue weighted by atomic mass is 16.5. The summed E-state index contributed by atoms with van der Waals surface area (Å²) in [6, 6.07) is 7.92. The fourth-order valence-electron chi connectivity index (χ4n) is 1.23. The molecule has 0 aliphatic heterocycles. The standard InChI is InChI=1S/C12H19NO2/c1-3-14-8-9-15-12-6-4-11(5-7-12)10(2)13/h4-7,10H,3,8-9,13H2,1-2H3. The second-order valence-electron chi connectivity index (χ2n) is 3.40. The van der Waals surface area contributed by atoms with Crippen LogP contribution >= 0.6 is 0 Å². The number of ether oxygens (including phenoxy) is 2. The smallest absolute Gasteiger partial charge is 0.119 e. The molecule has 0 amide bonds. The van der Waals surface area contributed by atoms with Gasteiger partial charge < -0.3 is 15.2 Å². The summed E-state index contributed by atoms with van der Waals surface area (Å²) in [5.74, 6) is 0.860. The van der Waals surface area contributed by atoms with Gasteiger partial charge in [0.15, 0.2) is 0 Å². The van der Waals surface area contributed by atoms with Crippen LogP contribution in [-0.4, -0.2) is 19.8 Å². The Labute approximate surface area is 91.2 Å². The lowest BCUT2D eigenvalue weighted by Crippen LogP contribution is -2.07. The maximum absolute atomic E-state index is 5.74. The zero-order chi connectivity index (χ0) is 11.1. The Morgan fingerprint density at radius 3 is 2.40 bits per heavy atom. The maximum atomic E-state index is 5.74. The molecule has 1 aromatic rings. The Balaban J connectivity index is 2.36. The van der Waals surface area contributed by atoms with Crippen molar-refractivity contribution in [3.05, 3.63) is 29.8 Å². The molecule has 0 spiro atoms. The van der Waals surface area contributed by atoms with Crippen LogP contribution in [0.1, 0.15) is 25.5 Å². The van der Waals surface area contributed by atoms with Crippen LogP contribution in [0, 0.1) is 0 Å². The number of benzene rings is 1. The monoisotopic (exact) mass is 209 g/mol. The van der Waals surface area contributed by atoms with Crippen LogP contribution in [0.5, 0.6) is 5.75 Å². The molecule has 2 N–H and O–H groups in total. The van der Waals surface area contributed by atoms with E-state index < -0.39 is 0 Å². The highest BCUT2D eigenvalue weighted by molar-refractivity contribution is 5.28. The molecule has 0 heterocycles. The molecule has 1 rings (SSSR count). The predicted molar refractivity (Wildman–Crippen MR) is 61.0 cm³/mol. The topological polar surface area (TPSA) is 44.5 Å². The minimum absolute atomic E-state index is 0.0717. The van der Waals surface area contributed by atoms with Crippen molar-refractivity contribution < 1.29 is 9.47 Å². The van der Waals surface area contributed by atoms with Gasteiger partial charge in [-0.05, 0) is 31.5 Å². The van der Waals surface area contributed by atoms with Crippen LogP contribution in [0.25, 0.3) is 0 Å². The van der Waals surface area contributed by atoms with E-state index in [2.05, 4.69) is 0 Å². The van der Waals surface area contributed by atoms with Crippen molar-refractivity contribution >= 4 is 0 Å². The van der Waals surface area contributed by atoms with Crippen LogP contribution < -0.4 is 10.5 Å². The average Bonchev–Trinajstić information content (AvgIpc) is 2.25. The van der Waals surface area contributed by atoms with Gasteiger partial charge in [0.2, 0.25) is 0 Å². The predicted octanol–water partition coefficient (Wildman–Crippen LogP) is 2.12. The molecule has 15 heavy (non-hydrogen) atoms. The van der Waals surface area contributed by atoms with Crippen molar-refractivity contribution in [1.82, 2.24) is 0 Å². The van der Waals surface area contributed by atoms with E-state index in [1.165, 1.54) is 0 Å². The van der Waals surface area contributed by atoms with Crippen LogP contribution in [0.3, 0.4) is 0 Å². The minimum atomic E-state index is 0.0717. The van der Waals surface area contributed by atoms with E-state index in [1.807, 2.05) is 38.1 Å². The van der Waals surface area contributed by atoms with E-state index >= 15 is 0 Å². The van der Waals surface area contributed by atoms with Gasteiger partial charge in [-0.2, -0.15) is 0 Å². The van der Waals surface area contributed by atoms with Crippen molar-refractivity contribution in [2.24, 2.45) is 5.73 Å². The van der Waals surface area contributed by atoms with Gasteiger partial charge >= 0.3 is 0 Å². The lowest BCUT2D eigenvalue weighted by Gasteiger charge is -2.08. The Morgan fingerprint density at radius 1 is 1.20 bits per heavy atom. The Bertz CT molecular complexity index is 269. The molecule has 0 saturated heterocycles. The van der Waals surface area contributed by atoms with E-state index in [9.17, 15) is 0 Å². The summed E-state index contributed by atoms with van der Waals surface area (Å²) in [6.07, 6.45) is 0. The molecule has 3 nitrogen and oxygen atoms in total. The van der Waals surface area contributed by atoms with Crippen molar-refractivity contribution in [3.63, 3.8) is 0 Å². The SMILES string of the molecule is CCOCCOc1ccc(C(C)N)cc1. The van der Waals surface area contributed by atoms with Gasteiger partial charge in [-0.15, -0.1) is 0 Å². The molecule has 1 aromatic carbocycles. The fraction of sp³-hybridized carbons (Fsp3) is 0.500. The zero-order valence-electron chi connectivity index (χ0n) is 9.40. The first-order chi connectivity index (χ1) is 7.24. The summed E-state index contributed by atoms with van der Waals surface area (Å²) in [5.41, 5.74) is 6.86. The highest BCUT2D eigenvalue weighted by Crippen LogP contribution is 2.15. The molecule has 1 atom stereocenters. The van der Waals surface area contributed by atoms with Gasteiger partial charge in [0.25, 0.3) is 0 Å². The summed E-state index contributed by atoms with van der Waals surface area (Å²) in [5, 5.41) is 0. The first-order valence-corrected chi connectivity index (χ1v) is 5.30. The molecule has 1 unspecified atom stereocenters. The molecule has 84 valence electrons. The van der Waals surface area contributed by atoms with Gasteiger partial charge in [0.1, 0.15) is 12.4 Å². The summed E-state index contributed by atoms with van der Waals surface area (Å²) >= 11 is 0. The lowest BCUT2D eigenvalue weighted by molar-refractivity contribution is 0.110. The van der Waals surface area contributed by atoms with Crippen molar-refractivity contribution in [3.8, 4) is 5.75 Å². The second-order valence-corrected chi connectivity index (χ2v) is 3.40. The average molecular weight is 209 g/mol. The van der Waals surface area contributed by atoms with Gasteiger partial charge in [-0.1, -0.05) is 12.1 Å². The van der Waals surface area contributed by atoms with E-state index in [-0.39, 0.29) is 6.04 Å². The molecule has 0 aromatic heterocycles. The molecule has 0 bridgehead atoms. The van der Waals surface area contributed by atoms with Gasteiger partial charge in [-0.25, -0.2) is 0 Å². The van der Waals surface area contributed by atoms with Crippen molar-refractivity contribution in [1.29, 1.82) is 0 Å². The second kappa shape index (κ2) is 6.43. The summed E-state index contributed by atoms with van der Waals surface area (Å²) in [6.45, 7) is 5.88. The van der Waals surface area contributed by atoms with Gasteiger partial charge in [0.05, 0.1) is 6.61 Å². The van der Waals surface area contributed by atoms with E-state index in [4.69, 9.17) is 15.2 Å². The third kappa shape index (κ3) is 4.32. The Morgan fingerprint density at radius 2 is 1.87 bits per heavy atom. The summed E-state index contributed by atoms with van der Waals surface area (Å²) in [7, 11) is 0. The van der Waals surface area contributed by atoms with E-state index in [1.54, 1.807) is 0 Å². The molecule has 0 fully saturated rings. The van der Waals surface area contributed by atoms with Crippen LogP contribution in [0.15, 0.2) is 24.3 Å². The van der Waals surface area contributed by atoms with Crippen molar-refractivity contribution in [2.75, 3.05) is 19.8 Å². The van der Waals surface area contributed by atoms with Crippen LogP contribution in [0.2, 0.25) is 0 Å². The summed E-state index contributed by atoms with van der Waals surface area (Å²) < 4.78 is 10.6. The quantitative estimate of drug-likeness (QED) is 0.730.